The molecule has 3 atom stereocenters. The Labute approximate surface area is 311 Å². The molecule has 3 aromatic heterocycles. The normalized spacial score (nSPS) is 22.3. The Morgan fingerprint density at radius 3 is 2.46 bits per heavy atom. The Morgan fingerprint density at radius 1 is 0.815 bits per heavy atom. The predicted octanol–water partition coefficient (Wildman–Crippen LogP) is 4.89. The second-order valence-electron chi connectivity index (χ2n) is 14.4. The smallest absolute Gasteiger partial charge is 0.411 e. The summed E-state index contributed by atoms with van der Waals surface area (Å²) in [5.41, 5.74) is 5.34. The highest BCUT2D eigenvalue weighted by Gasteiger charge is 2.42. The summed E-state index contributed by atoms with van der Waals surface area (Å²) in [5, 5.41) is 7.34. The number of imide groups is 1. The number of ether oxygens (including phenoxy) is 1. The van der Waals surface area contributed by atoms with Gasteiger partial charge in [0.05, 0.1) is 24.5 Å². The molecule has 4 saturated heterocycles. The van der Waals surface area contributed by atoms with Gasteiger partial charge >= 0.3 is 6.09 Å². The van der Waals surface area contributed by atoms with Gasteiger partial charge in [-0.1, -0.05) is 42.5 Å². The second kappa shape index (κ2) is 14.2. The van der Waals surface area contributed by atoms with Gasteiger partial charge in [0.2, 0.25) is 11.8 Å². The summed E-state index contributed by atoms with van der Waals surface area (Å²) in [4.78, 5) is 54.5. The highest BCUT2D eigenvalue weighted by molar-refractivity contribution is 6.01. The van der Waals surface area contributed by atoms with E-state index in [-0.39, 0.29) is 30.7 Å². The summed E-state index contributed by atoms with van der Waals surface area (Å²) < 4.78 is 21.6. The summed E-state index contributed by atoms with van der Waals surface area (Å²) in [6.07, 6.45) is 3.29. The lowest BCUT2D eigenvalue weighted by atomic mass is 10.0. The van der Waals surface area contributed by atoms with Gasteiger partial charge in [-0.25, -0.2) is 23.7 Å². The number of aromatic nitrogens is 4. The minimum atomic E-state index is -0.685. The number of nitrogens with one attached hydrogen (secondary N) is 1. The molecule has 54 heavy (non-hydrogen) atoms. The second-order valence-corrected chi connectivity index (χ2v) is 14.4. The number of carbonyl (C=O) groups excluding carboxylic acids is 3. The van der Waals surface area contributed by atoms with Crippen LogP contribution in [0.5, 0.6) is 0 Å². The van der Waals surface area contributed by atoms with E-state index in [9.17, 15) is 18.8 Å². The number of cyclic esters (lactones) is 1. The number of hydrogen-bond donors (Lipinski definition) is 1. The van der Waals surface area contributed by atoms with Crippen molar-refractivity contribution in [2.24, 2.45) is 0 Å². The molecule has 4 aliphatic rings. The molecule has 276 valence electrons. The van der Waals surface area contributed by atoms with Gasteiger partial charge in [-0.05, 0) is 72.4 Å². The van der Waals surface area contributed by atoms with Gasteiger partial charge in [0.15, 0.2) is 5.65 Å². The fourth-order valence-electron chi connectivity index (χ4n) is 8.15. The van der Waals surface area contributed by atoms with Gasteiger partial charge in [0, 0.05) is 45.7 Å². The summed E-state index contributed by atoms with van der Waals surface area (Å²) in [7, 11) is 0. The van der Waals surface area contributed by atoms with Gasteiger partial charge in [0.25, 0.3) is 0 Å². The van der Waals surface area contributed by atoms with Crippen LogP contribution in [0.4, 0.5) is 20.8 Å². The fourth-order valence-corrected chi connectivity index (χ4v) is 8.15. The van der Waals surface area contributed by atoms with Crippen LogP contribution in [-0.2, 0) is 20.9 Å². The summed E-state index contributed by atoms with van der Waals surface area (Å²) >= 11 is 0. The average molecular weight is 730 g/mol. The number of hydrogen-bond acceptors (Lipinski definition) is 10. The van der Waals surface area contributed by atoms with Crippen molar-refractivity contribution in [3.8, 4) is 11.4 Å². The third-order valence-corrected chi connectivity index (χ3v) is 11.0. The van der Waals surface area contributed by atoms with Crippen molar-refractivity contribution in [1.29, 1.82) is 0 Å². The van der Waals surface area contributed by atoms with Crippen LogP contribution in [0.3, 0.4) is 0 Å². The number of pyridine rings is 1. The van der Waals surface area contributed by atoms with Crippen LogP contribution in [0.2, 0.25) is 0 Å². The monoisotopic (exact) mass is 729 g/mol. The van der Waals surface area contributed by atoms with Gasteiger partial charge in [-0.3, -0.25) is 24.7 Å². The highest BCUT2D eigenvalue weighted by atomic mass is 19.1. The maximum absolute atomic E-state index is 14.1. The number of carbonyl (C=O) groups is 3. The van der Waals surface area contributed by atoms with Crippen molar-refractivity contribution >= 4 is 35.2 Å². The molecule has 2 aromatic carbocycles. The standard InChI is InChI=1S/C40H40FN9O4/c41-29-5-1-4-28(22-29)31-7-3-17-48(31)37-15-14-35-42-23-33(50(35)45-37)30-6-2-8-36(43-30)47-20-18-46(19-21-47)24-26-9-11-27(12-10-26)34-25-49(40(53)54-34)32-13-16-38(51)44-39(32)52/h1-2,4-6,8-12,14-15,22-23,31-32,34H,3,7,13,16-21,24-25H2,(H,44,51,52). The first-order valence-electron chi connectivity index (χ1n) is 18.6. The predicted molar refractivity (Wildman–Crippen MR) is 198 cm³/mol. The molecule has 14 heteroatoms. The SMILES string of the molecule is O=C1CCC(N2CC(c3ccc(CN4CCN(c5cccc(-c6cnc7ccc(N8CCCC8c8cccc(F)c8)nn67)n5)CC4)cc3)OC2=O)C(=O)N1. The Hall–Kier alpha value is -5.89. The van der Waals surface area contributed by atoms with E-state index in [0.29, 0.717) is 6.42 Å². The van der Waals surface area contributed by atoms with E-state index in [4.69, 9.17) is 14.8 Å². The molecule has 3 unspecified atom stereocenters. The molecule has 13 nitrogen and oxygen atoms in total. The van der Waals surface area contributed by atoms with E-state index >= 15 is 0 Å². The van der Waals surface area contributed by atoms with E-state index in [2.05, 4.69) is 37.1 Å². The lowest BCUT2D eigenvalue weighted by molar-refractivity contribution is -0.136. The topological polar surface area (TPSA) is 129 Å². The molecule has 0 bridgehead atoms. The Balaban J connectivity index is 0.827. The maximum Gasteiger partial charge on any atom is 0.411 e. The van der Waals surface area contributed by atoms with Crippen LogP contribution in [0, 0.1) is 5.82 Å². The zero-order chi connectivity index (χ0) is 36.8. The fraction of sp³-hybridized carbons (Fsp3) is 0.350. The molecule has 3 amide bonds. The van der Waals surface area contributed by atoms with Crippen molar-refractivity contribution in [3.63, 3.8) is 0 Å². The highest BCUT2D eigenvalue weighted by Crippen LogP contribution is 2.36. The molecular formula is C40H40FN9O4. The number of rotatable bonds is 8. The largest absolute Gasteiger partial charge is 0.439 e. The number of amides is 3. The Kier molecular flexibility index (Phi) is 8.89. The van der Waals surface area contributed by atoms with E-state index in [1.54, 1.807) is 12.1 Å². The van der Waals surface area contributed by atoms with Crippen molar-refractivity contribution in [3.05, 3.63) is 108 Å². The number of imidazole rings is 1. The number of benzene rings is 2. The number of fused-ring (bicyclic) bond motifs is 1. The molecule has 0 spiro atoms. The quantitative estimate of drug-likeness (QED) is 0.221. The van der Waals surface area contributed by atoms with Gasteiger partial charge in [0.1, 0.15) is 35.3 Å². The van der Waals surface area contributed by atoms with Gasteiger partial charge < -0.3 is 14.5 Å². The van der Waals surface area contributed by atoms with E-state index < -0.39 is 24.1 Å². The molecule has 5 aromatic rings. The van der Waals surface area contributed by atoms with Gasteiger partial charge in [-0.15, -0.1) is 5.10 Å². The molecule has 4 fully saturated rings. The summed E-state index contributed by atoms with van der Waals surface area (Å²) in [6.45, 7) is 5.31. The van der Waals surface area contributed by atoms with Crippen LogP contribution in [0.15, 0.2) is 85.1 Å². The number of halogens is 1. The molecule has 7 heterocycles. The minimum absolute atomic E-state index is 0.0653. The molecule has 0 saturated carbocycles. The molecule has 4 aliphatic heterocycles. The minimum Gasteiger partial charge on any atom is -0.439 e. The van der Waals surface area contributed by atoms with Gasteiger partial charge in [-0.2, -0.15) is 0 Å². The first kappa shape index (κ1) is 33.9. The molecule has 0 aliphatic carbocycles. The Bertz CT molecular complexity index is 2220. The number of anilines is 2. The van der Waals surface area contributed by atoms with Crippen molar-refractivity contribution in [1.82, 2.24) is 34.7 Å². The number of piperidine rings is 1. The van der Waals surface area contributed by atoms with Crippen molar-refractivity contribution < 1.29 is 23.5 Å². The lowest BCUT2D eigenvalue weighted by Crippen LogP contribution is -2.52. The van der Waals surface area contributed by atoms with Crippen LogP contribution in [0.25, 0.3) is 17.0 Å². The van der Waals surface area contributed by atoms with E-state index in [1.807, 2.05) is 59.2 Å². The third-order valence-electron chi connectivity index (χ3n) is 11.0. The van der Waals surface area contributed by atoms with Crippen LogP contribution in [-0.4, -0.2) is 92.6 Å². The lowest BCUT2D eigenvalue weighted by Gasteiger charge is -2.35. The molecule has 9 rings (SSSR count). The number of piperazine rings is 1. The maximum atomic E-state index is 14.1. The van der Waals surface area contributed by atoms with E-state index in [0.717, 1.165) is 97.5 Å². The van der Waals surface area contributed by atoms with Crippen LogP contribution in [0.1, 0.15) is 54.5 Å². The zero-order valence-corrected chi connectivity index (χ0v) is 29.7. The molecule has 1 N–H and O–H groups in total. The van der Waals surface area contributed by atoms with Crippen molar-refractivity contribution in [2.45, 2.75) is 50.4 Å². The Morgan fingerprint density at radius 2 is 1.65 bits per heavy atom. The zero-order valence-electron chi connectivity index (χ0n) is 29.7. The molecular weight excluding hydrogens is 689 g/mol. The third kappa shape index (κ3) is 6.61. The molecule has 0 radical (unpaired) electrons. The van der Waals surface area contributed by atoms with Crippen molar-refractivity contribution in [2.75, 3.05) is 49.1 Å². The van der Waals surface area contributed by atoms with E-state index in [1.165, 1.54) is 11.0 Å². The first-order chi connectivity index (χ1) is 26.4. The first-order valence-corrected chi connectivity index (χ1v) is 18.6. The van der Waals surface area contributed by atoms with Crippen LogP contribution >= 0.6 is 0 Å². The summed E-state index contributed by atoms with van der Waals surface area (Å²) in [6, 6.07) is 24.4. The average Bonchev–Trinajstić information content (AvgIpc) is 3.94. The number of nitrogens with zero attached hydrogens (tertiary/aromatic N) is 8. The van der Waals surface area contributed by atoms with Crippen LogP contribution < -0.4 is 15.1 Å². The summed E-state index contributed by atoms with van der Waals surface area (Å²) in [5.74, 6) is 0.750.